The van der Waals surface area contributed by atoms with Gasteiger partial charge in [0.1, 0.15) is 0 Å². The van der Waals surface area contributed by atoms with Crippen molar-refractivity contribution in [1.29, 1.82) is 0 Å². The van der Waals surface area contributed by atoms with Crippen molar-refractivity contribution in [2.24, 2.45) is 0 Å². The molecule has 0 saturated heterocycles. The Morgan fingerprint density at radius 1 is 1.38 bits per heavy atom. The zero-order chi connectivity index (χ0) is 11.4. The summed E-state index contributed by atoms with van der Waals surface area (Å²) in [5.74, 6) is 2.65. The zero-order valence-electron chi connectivity index (χ0n) is 9.27. The Labute approximate surface area is 95.7 Å². The fourth-order valence-corrected chi connectivity index (χ4v) is 1.57. The molecule has 0 radical (unpaired) electrons. The van der Waals surface area contributed by atoms with Gasteiger partial charge in [0, 0.05) is 24.3 Å². The molecule has 2 rings (SSSR count). The van der Waals surface area contributed by atoms with Crippen molar-refractivity contribution in [1.82, 2.24) is 10.3 Å². The van der Waals surface area contributed by atoms with Crippen LogP contribution in [0.5, 0.6) is 0 Å². The SMILES string of the molecule is C#CC(C)NCc1ccc2cnccc2c1. The van der Waals surface area contributed by atoms with Crippen LogP contribution in [-0.4, -0.2) is 11.0 Å². The first-order valence-corrected chi connectivity index (χ1v) is 5.32. The monoisotopic (exact) mass is 210 g/mol. The third-order valence-electron chi connectivity index (χ3n) is 2.57. The summed E-state index contributed by atoms with van der Waals surface area (Å²) in [6.45, 7) is 2.77. The molecule has 1 heterocycles. The molecule has 0 amide bonds. The number of benzene rings is 1. The van der Waals surface area contributed by atoms with Crippen molar-refractivity contribution in [3.63, 3.8) is 0 Å². The van der Waals surface area contributed by atoms with Crippen molar-refractivity contribution < 1.29 is 0 Å². The van der Waals surface area contributed by atoms with Gasteiger partial charge in [-0.15, -0.1) is 6.42 Å². The van der Waals surface area contributed by atoms with Gasteiger partial charge in [-0.2, -0.15) is 0 Å². The fourth-order valence-electron chi connectivity index (χ4n) is 1.57. The predicted molar refractivity (Wildman–Crippen MR) is 66.9 cm³/mol. The minimum atomic E-state index is 0.105. The first-order chi connectivity index (χ1) is 7.79. The van der Waals surface area contributed by atoms with E-state index in [1.54, 1.807) is 0 Å². The average Bonchev–Trinajstić information content (AvgIpc) is 2.35. The maximum absolute atomic E-state index is 5.31. The molecule has 1 N–H and O–H groups in total. The highest BCUT2D eigenvalue weighted by molar-refractivity contribution is 5.81. The van der Waals surface area contributed by atoms with E-state index in [9.17, 15) is 0 Å². The number of hydrogen-bond donors (Lipinski definition) is 1. The number of aromatic nitrogens is 1. The highest BCUT2D eigenvalue weighted by atomic mass is 14.9. The van der Waals surface area contributed by atoms with E-state index < -0.39 is 0 Å². The number of nitrogens with one attached hydrogen (secondary N) is 1. The molecule has 1 atom stereocenters. The number of fused-ring (bicyclic) bond motifs is 1. The second-order valence-corrected chi connectivity index (χ2v) is 3.83. The lowest BCUT2D eigenvalue weighted by molar-refractivity contribution is 0.648. The van der Waals surface area contributed by atoms with Crippen LogP contribution in [0.1, 0.15) is 12.5 Å². The smallest absolute Gasteiger partial charge is 0.0660 e. The quantitative estimate of drug-likeness (QED) is 0.786. The van der Waals surface area contributed by atoms with Gasteiger partial charge in [-0.05, 0) is 30.0 Å². The zero-order valence-corrected chi connectivity index (χ0v) is 9.27. The number of pyridine rings is 1. The normalized spacial score (nSPS) is 12.2. The van der Waals surface area contributed by atoms with E-state index in [1.165, 1.54) is 10.9 Å². The average molecular weight is 210 g/mol. The van der Waals surface area contributed by atoms with Crippen molar-refractivity contribution in [2.75, 3.05) is 0 Å². The summed E-state index contributed by atoms with van der Waals surface area (Å²) in [5, 5.41) is 5.64. The van der Waals surface area contributed by atoms with Gasteiger partial charge in [-0.25, -0.2) is 0 Å². The maximum Gasteiger partial charge on any atom is 0.0660 e. The summed E-state index contributed by atoms with van der Waals surface area (Å²) in [6, 6.07) is 8.46. The van der Waals surface area contributed by atoms with Crippen molar-refractivity contribution in [3.8, 4) is 12.3 Å². The molecular weight excluding hydrogens is 196 g/mol. The Morgan fingerprint density at radius 2 is 2.25 bits per heavy atom. The van der Waals surface area contributed by atoms with Crippen LogP contribution in [0, 0.1) is 12.3 Å². The van der Waals surface area contributed by atoms with E-state index >= 15 is 0 Å². The number of terminal acetylenes is 1. The van der Waals surface area contributed by atoms with Gasteiger partial charge in [0.25, 0.3) is 0 Å². The fraction of sp³-hybridized carbons (Fsp3) is 0.214. The molecule has 0 aliphatic rings. The van der Waals surface area contributed by atoms with Crippen LogP contribution in [-0.2, 0) is 6.54 Å². The highest BCUT2D eigenvalue weighted by Gasteiger charge is 1.98. The third kappa shape index (κ3) is 2.39. The van der Waals surface area contributed by atoms with Gasteiger partial charge in [0.15, 0.2) is 0 Å². The third-order valence-corrected chi connectivity index (χ3v) is 2.57. The second kappa shape index (κ2) is 4.78. The molecule has 1 unspecified atom stereocenters. The van der Waals surface area contributed by atoms with Crippen molar-refractivity contribution in [3.05, 3.63) is 42.2 Å². The molecule has 80 valence electrons. The van der Waals surface area contributed by atoms with Crippen LogP contribution >= 0.6 is 0 Å². The van der Waals surface area contributed by atoms with Gasteiger partial charge in [0.2, 0.25) is 0 Å². The van der Waals surface area contributed by atoms with Crippen molar-refractivity contribution >= 4 is 10.8 Å². The van der Waals surface area contributed by atoms with E-state index in [0.29, 0.717) is 0 Å². The lowest BCUT2D eigenvalue weighted by Crippen LogP contribution is -2.23. The minimum Gasteiger partial charge on any atom is -0.300 e. The van der Waals surface area contributed by atoms with Crippen LogP contribution < -0.4 is 5.32 Å². The molecule has 0 bridgehead atoms. The van der Waals surface area contributed by atoms with Crippen LogP contribution in [0.15, 0.2) is 36.7 Å². The van der Waals surface area contributed by atoms with Crippen LogP contribution in [0.3, 0.4) is 0 Å². The molecule has 2 aromatic rings. The van der Waals surface area contributed by atoms with E-state index in [-0.39, 0.29) is 6.04 Å². The van der Waals surface area contributed by atoms with Crippen LogP contribution in [0.4, 0.5) is 0 Å². The molecule has 0 saturated carbocycles. The molecule has 0 aliphatic heterocycles. The van der Waals surface area contributed by atoms with Gasteiger partial charge in [-0.3, -0.25) is 10.3 Å². The number of rotatable bonds is 3. The Hall–Kier alpha value is -1.85. The summed E-state index contributed by atoms with van der Waals surface area (Å²) >= 11 is 0. The standard InChI is InChI=1S/C14H14N2/c1-3-11(2)16-9-12-4-5-14-10-15-7-6-13(14)8-12/h1,4-8,10-11,16H,9H2,2H3. The number of hydrogen-bond acceptors (Lipinski definition) is 2. The molecule has 1 aromatic heterocycles. The topological polar surface area (TPSA) is 24.9 Å². The molecule has 0 fully saturated rings. The first kappa shape index (κ1) is 10.7. The molecule has 2 nitrogen and oxygen atoms in total. The van der Waals surface area contributed by atoms with Crippen LogP contribution in [0.2, 0.25) is 0 Å². The molecular formula is C14H14N2. The summed E-state index contributed by atoms with van der Waals surface area (Å²) in [5.41, 5.74) is 1.24. The van der Waals surface area contributed by atoms with Gasteiger partial charge < -0.3 is 0 Å². The second-order valence-electron chi connectivity index (χ2n) is 3.83. The first-order valence-electron chi connectivity index (χ1n) is 5.32. The maximum atomic E-state index is 5.31. The van der Waals surface area contributed by atoms with Crippen molar-refractivity contribution in [2.45, 2.75) is 19.5 Å². The summed E-state index contributed by atoms with van der Waals surface area (Å²) in [7, 11) is 0. The Kier molecular flexibility index (Phi) is 3.19. The van der Waals surface area contributed by atoms with Gasteiger partial charge in [-0.1, -0.05) is 18.1 Å². The van der Waals surface area contributed by atoms with E-state index in [4.69, 9.17) is 6.42 Å². The van der Waals surface area contributed by atoms with E-state index in [0.717, 1.165) is 11.9 Å². The van der Waals surface area contributed by atoms with Crippen LogP contribution in [0.25, 0.3) is 10.8 Å². The lowest BCUT2D eigenvalue weighted by atomic mass is 10.1. The Morgan fingerprint density at radius 3 is 3.06 bits per heavy atom. The number of nitrogens with zero attached hydrogens (tertiary/aromatic N) is 1. The molecule has 0 aliphatic carbocycles. The van der Waals surface area contributed by atoms with Gasteiger partial charge in [0.05, 0.1) is 6.04 Å². The van der Waals surface area contributed by atoms with E-state index in [2.05, 4.69) is 34.4 Å². The molecule has 2 heteroatoms. The molecule has 0 spiro atoms. The molecule has 1 aromatic carbocycles. The summed E-state index contributed by atoms with van der Waals surface area (Å²) < 4.78 is 0. The summed E-state index contributed by atoms with van der Waals surface area (Å²) in [6.07, 6.45) is 8.99. The largest absolute Gasteiger partial charge is 0.300 e. The van der Waals surface area contributed by atoms with Gasteiger partial charge >= 0.3 is 0 Å². The predicted octanol–water partition coefficient (Wildman–Crippen LogP) is 2.35. The lowest BCUT2D eigenvalue weighted by Gasteiger charge is -2.08. The Bertz CT molecular complexity index is 525. The highest BCUT2D eigenvalue weighted by Crippen LogP contribution is 2.14. The molecule has 16 heavy (non-hydrogen) atoms. The Balaban J connectivity index is 2.17. The summed E-state index contributed by atoms with van der Waals surface area (Å²) in [4.78, 5) is 4.09. The minimum absolute atomic E-state index is 0.105. The van der Waals surface area contributed by atoms with E-state index in [1.807, 2.05) is 25.4 Å².